The summed E-state index contributed by atoms with van der Waals surface area (Å²) in [4.78, 5) is 50.5. The molecule has 1 heterocycles. The van der Waals surface area contributed by atoms with Gasteiger partial charge in [0.05, 0.1) is 31.3 Å². The maximum Gasteiger partial charge on any atom is 0.337 e. The normalized spacial score (nSPS) is 15.4. The number of methoxy groups -OCH3 is 2. The number of nitrogens with zero attached hydrogens (tertiary/aromatic N) is 1. The Morgan fingerprint density at radius 3 is 2.19 bits per heavy atom. The molecule has 0 saturated carbocycles. The lowest BCUT2D eigenvalue weighted by atomic mass is 10.1. The Hall–Kier alpha value is -3.75. The second-order valence-electron chi connectivity index (χ2n) is 7.39. The standard InChI is InChI=1S/C23H23FN2O6/c1-31-22(29)15-9-16(23(30)32-2)11-19(10-15)25-21(28)17-12-20(27)26(13-17)8-7-14-3-5-18(24)6-4-14/h3-6,9-11,17H,7-8,12-13H2,1-2H3,(H,25,28). The highest BCUT2D eigenvalue weighted by atomic mass is 19.1. The van der Waals surface area contributed by atoms with E-state index in [0.717, 1.165) is 5.56 Å². The number of esters is 2. The van der Waals surface area contributed by atoms with Gasteiger partial charge in [-0.3, -0.25) is 9.59 Å². The van der Waals surface area contributed by atoms with Crippen LogP contribution in [0.3, 0.4) is 0 Å². The Morgan fingerprint density at radius 2 is 1.62 bits per heavy atom. The summed E-state index contributed by atoms with van der Waals surface area (Å²) in [7, 11) is 2.41. The molecule has 1 saturated heterocycles. The van der Waals surface area contributed by atoms with Gasteiger partial charge in [-0.25, -0.2) is 14.0 Å². The zero-order valence-corrected chi connectivity index (χ0v) is 17.7. The lowest BCUT2D eigenvalue weighted by Crippen LogP contribution is -2.30. The van der Waals surface area contributed by atoms with Gasteiger partial charge in [0.1, 0.15) is 5.82 Å². The van der Waals surface area contributed by atoms with Crippen LogP contribution < -0.4 is 5.32 Å². The van der Waals surface area contributed by atoms with Crippen molar-refractivity contribution in [3.05, 3.63) is 65.0 Å². The predicted octanol–water partition coefficient (Wildman–Crippen LogP) is 2.43. The summed E-state index contributed by atoms with van der Waals surface area (Å²) < 4.78 is 22.4. The predicted molar refractivity (Wildman–Crippen MR) is 113 cm³/mol. The molecule has 1 fully saturated rings. The summed E-state index contributed by atoms with van der Waals surface area (Å²) >= 11 is 0. The van der Waals surface area contributed by atoms with Crippen LogP contribution in [0.1, 0.15) is 32.7 Å². The van der Waals surface area contributed by atoms with Gasteiger partial charge in [0, 0.05) is 25.2 Å². The monoisotopic (exact) mass is 442 g/mol. The Kier molecular flexibility index (Phi) is 7.19. The third-order valence-electron chi connectivity index (χ3n) is 5.21. The topological polar surface area (TPSA) is 102 Å². The van der Waals surface area contributed by atoms with Crippen LogP contribution in [0.15, 0.2) is 42.5 Å². The van der Waals surface area contributed by atoms with Gasteiger partial charge in [0.15, 0.2) is 0 Å². The average Bonchev–Trinajstić information content (AvgIpc) is 3.18. The molecule has 0 aliphatic carbocycles. The van der Waals surface area contributed by atoms with E-state index in [0.29, 0.717) is 13.0 Å². The molecule has 2 aromatic rings. The van der Waals surface area contributed by atoms with E-state index >= 15 is 0 Å². The van der Waals surface area contributed by atoms with Crippen molar-refractivity contribution in [2.75, 3.05) is 32.6 Å². The molecule has 1 aliphatic rings. The summed E-state index contributed by atoms with van der Waals surface area (Å²) in [5, 5.41) is 2.67. The fourth-order valence-electron chi connectivity index (χ4n) is 3.49. The Labute approximate surface area is 184 Å². The molecule has 0 bridgehead atoms. The van der Waals surface area contributed by atoms with Crippen molar-refractivity contribution in [1.29, 1.82) is 0 Å². The Morgan fingerprint density at radius 1 is 1.03 bits per heavy atom. The van der Waals surface area contributed by atoms with Gasteiger partial charge in [-0.2, -0.15) is 0 Å². The number of benzene rings is 2. The number of carbonyl (C=O) groups is 4. The van der Waals surface area contributed by atoms with Crippen LogP contribution in [0.5, 0.6) is 0 Å². The maximum absolute atomic E-state index is 13.0. The molecule has 0 radical (unpaired) electrons. The highest BCUT2D eigenvalue weighted by Crippen LogP contribution is 2.22. The SMILES string of the molecule is COC(=O)c1cc(NC(=O)C2CC(=O)N(CCc3ccc(F)cc3)C2)cc(C(=O)OC)c1. The Balaban J connectivity index is 1.66. The number of likely N-dealkylation sites (tertiary alicyclic amines) is 1. The number of rotatable bonds is 7. The summed E-state index contributed by atoms with van der Waals surface area (Å²) in [6, 6.07) is 10.1. The Bertz CT molecular complexity index is 1000. The molecule has 1 N–H and O–H groups in total. The van der Waals surface area contributed by atoms with Gasteiger partial charge in [-0.05, 0) is 42.3 Å². The van der Waals surface area contributed by atoms with Crippen molar-refractivity contribution >= 4 is 29.4 Å². The molecule has 1 atom stereocenters. The second-order valence-corrected chi connectivity index (χ2v) is 7.39. The number of halogens is 1. The third-order valence-corrected chi connectivity index (χ3v) is 5.21. The summed E-state index contributed by atoms with van der Waals surface area (Å²) in [6.07, 6.45) is 0.597. The molecule has 32 heavy (non-hydrogen) atoms. The van der Waals surface area contributed by atoms with Crippen molar-refractivity contribution in [2.24, 2.45) is 5.92 Å². The van der Waals surface area contributed by atoms with Crippen LogP contribution in [0, 0.1) is 11.7 Å². The number of anilines is 1. The fourth-order valence-corrected chi connectivity index (χ4v) is 3.49. The number of amides is 2. The zero-order valence-electron chi connectivity index (χ0n) is 17.7. The van der Waals surface area contributed by atoms with Crippen molar-refractivity contribution in [3.8, 4) is 0 Å². The van der Waals surface area contributed by atoms with Crippen LogP contribution >= 0.6 is 0 Å². The van der Waals surface area contributed by atoms with E-state index in [1.54, 1.807) is 17.0 Å². The molecule has 8 nitrogen and oxygen atoms in total. The van der Waals surface area contributed by atoms with Gasteiger partial charge in [-0.1, -0.05) is 12.1 Å². The maximum atomic E-state index is 13.0. The molecule has 168 valence electrons. The molecule has 2 amide bonds. The van der Waals surface area contributed by atoms with Crippen molar-refractivity contribution in [3.63, 3.8) is 0 Å². The van der Waals surface area contributed by atoms with Crippen molar-refractivity contribution in [1.82, 2.24) is 4.90 Å². The molecule has 9 heteroatoms. The molecular weight excluding hydrogens is 419 g/mol. The lowest BCUT2D eigenvalue weighted by Gasteiger charge is -2.17. The number of hydrogen-bond donors (Lipinski definition) is 1. The smallest absolute Gasteiger partial charge is 0.337 e. The minimum atomic E-state index is -0.672. The number of carbonyl (C=O) groups excluding carboxylic acids is 4. The van der Waals surface area contributed by atoms with Crippen LogP contribution in [0.25, 0.3) is 0 Å². The second kappa shape index (κ2) is 10.0. The van der Waals surface area contributed by atoms with E-state index in [1.165, 1.54) is 44.6 Å². The number of hydrogen-bond acceptors (Lipinski definition) is 6. The first kappa shape index (κ1) is 22.9. The van der Waals surface area contributed by atoms with Crippen molar-refractivity contribution in [2.45, 2.75) is 12.8 Å². The molecule has 0 spiro atoms. The third kappa shape index (κ3) is 5.48. The number of ether oxygens (including phenoxy) is 2. The van der Waals surface area contributed by atoms with Gasteiger partial charge in [0.2, 0.25) is 11.8 Å². The van der Waals surface area contributed by atoms with Gasteiger partial charge in [0.25, 0.3) is 0 Å². The highest BCUT2D eigenvalue weighted by Gasteiger charge is 2.34. The fraction of sp³-hybridized carbons (Fsp3) is 0.304. The molecule has 1 unspecified atom stereocenters. The van der Waals surface area contributed by atoms with Gasteiger partial charge in [-0.15, -0.1) is 0 Å². The van der Waals surface area contributed by atoms with Crippen molar-refractivity contribution < 1.29 is 33.0 Å². The molecule has 1 aliphatic heterocycles. The lowest BCUT2D eigenvalue weighted by molar-refractivity contribution is -0.128. The summed E-state index contributed by atoms with van der Waals surface area (Å²) in [6.45, 7) is 0.658. The first-order chi connectivity index (χ1) is 15.3. The first-order valence-electron chi connectivity index (χ1n) is 9.95. The average molecular weight is 442 g/mol. The molecule has 2 aromatic carbocycles. The van der Waals surface area contributed by atoms with E-state index in [1.807, 2.05) is 0 Å². The molecular formula is C23H23FN2O6. The minimum Gasteiger partial charge on any atom is -0.465 e. The zero-order chi connectivity index (χ0) is 23.3. The van der Waals surface area contributed by atoms with E-state index in [-0.39, 0.29) is 41.5 Å². The van der Waals surface area contributed by atoms with Crippen LogP contribution in [0.4, 0.5) is 10.1 Å². The molecule has 0 aromatic heterocycles. The summed E-state index contributed by atoms with van der Waals surface area (Å²) in [5.74, 6) is -2.80. The highest BCUT2D eigenvalue weighted by molar-refractivity contribution is 6.01. The largest absolute Gasteiger partial charge is 0.465 e. The number of nitrogens with one attached hydrogen (secondary N) is 1. The first-order valence-corrected chi connectivity index (χ1v) is 9.95. The van der Waals surface area contributed by atoms with E-state index < -0.39 is 23.8 Å². The van der Waals surface area contributed by atoms with Gasteiger partial charge < -0.3 is 19.7 Å². The van der Waals surface area contributed by atoms with Crippen LogP contribution in [0.2, 0.25) is 0 Å². The van der Waals surface area contributed by atoms with Crippen LogP contribution in [-0.2, 0) is 25.5 Å². The quantitative estimate of drug-likeness (QED) is 0.661. The van der Waals surface area contributed by atoms with E-state index in [9.17, 15) is 23.6 Å². The minimum absolute atomic E-state index is 0.0514. The van der Waals surface area contributed by atoms with Crippen LogP contribution in [-0.4, -0.2) is 56.0 Å². The van der Waals surface area contributed by atoms with E-state index in [4.69, 9.17) is 0 Å². The molecule has 3 rings (SSSR count). The van der Waals surface area contributed by atoms with Gasteiger partial charge >= 0.3 is 11.9 Å². The summed E-state index contributed by atoms with van der Waals surface area (Å²) in [5.41, 5.74) is 1.26. The van der Waals surface area contributed by atoms with E-state index in [2.05, 4.69) is 14.8 Å².